The lowest BCUT2D eigenvalue weighted by atomic mass is 9.80. The molecule has 17 heavy (non-hydrogen) atoms. The Morgan fingerprint density at radius 1 is 1.24 bits per heavy atom. The van der Waals surface area contributed by atoms with Gasteiger partial charge in [-0.05, 0) is 17.6 Å². The van der Waals surface area contributed by atoms with E-state index in [1.807, 2.05) is 0 Å². The fourth-order valence-corrected chi connectivity index (χ4v) is 1.53. The number of anilines is 1. The molecule has 0 heterocycles. The summed E-state index contributed by atoms with van der Waals surface area (Å²) >= 11 is 0. The zero-order chi connectivity index (χ0) is 13.3. The predicted octanol–water partition coefficient (Wildman–Crippen LogP) is -0.372. The summed E-state index contributed by atoms with van der Waals surface area (Å²) in [5.74, 6) is 0. The Morgan fingerprint density at radius 2 is 1.82 bits per heavy atom. The summed E-state index contributed by atoms with van der Waals surface area (Å²) in [6.07, 6.45) is 0. The van der Waals surface area contributed by atoms with Crippen molar-refractivity contribution in [1.29, 1.82) is 0 Å². The molecule has 0 aliphatic heterocycles. The van der Waals surface area contributed by atoms with E-state index in [1.54, 1.807) is 0 Å². The summed E-state index contributed by atoms with van der Waals surface area (Å²) in [4.78, 5) is 0. The van der Waals surface area contributed by atoms with Gasteiger partial charge in [-0.25, -0.2) is 0 Å². The van der Waals surface area contributed by atoms with Gasteiger partial charge >= 0.3 is 22.7 Å². The van der Waals surface area contributed by atoms with Crippen molar-refractivity contribution in [2.45, 2.75) is 5.51 Å². The van der Waals surface area contributed by atoms with E-state index >= 15 is 0 Å². The molecular formula is C7H7BF3NO4S. The van der Waals surface area contributed by atoms with Gasteiger partial charge in [-0.15, -0.1) is 0 Å². The van der Waals surface area contributed by atoms with Crippen LogP contribution in [-0.2, 0) is 10.0 Å². The Morgan fingerprint density at radius 3 is 2.29 bits per heavy atom. The van der Waals surface area contributed by atoms with Crippen LogP contribution in [0.25, 0.3) is 0 Å². The molecule has 94 valence electrons. The van der Waals surface area contributed by atoms with Gasteiger partial charge in [0.05, 0.1) is 0 Å². The van der Waals surface area contributed by atoms with Crippen molar-refractivity contribution in [1.82, 2.24) is 0 Å². The first-order valence-corrected chi connectivity index (χ1v) is 5.67. The summed E-state index contributed by atoms with van der Waals surface area (Å²) < 4.78 is 58.8. The molecule has 0 saturated heterocycles. The van der Waals surface area contributed by atoms with E-state index in [9.17, 15) is 21.6 Å². The minimum Gasteiger partial charge on any atom is -0.423 e. The number of halogens is 3. The molecule has 10 heteroatoms. The molecular weight excluding hydrogens is 262 g/mol. The quantitative estimate of drug-likeness (QED) is 0.653. The van der Waals surface area contributed by atoms with Crippen LogP contribution in [0.1, 0.15) is 0 Å². The SMILES string of the molecule is O=S(=O)(Nc1cccc(B(O)O)c1)C(F)(F)F. The summed E-state index contributed by atoms with van der Waals surface area (Å²) in [7, 11) is -7.40. The minimum absolute atomic E-state index is 0.132. The molecule has 0 saturated carbocycles. The molecule has 0 bridgehead atoms. The maximum atomic E-state index is 12.0. The smallest absolute Gasteiger partial charge is 0.423 e. The van der Waals surface area contributed by atoms with E-state index in [4.69, 9.17) is 10.0 Å². The highest BCUT2D eigenvalue weighted by Gasteiger charge is 2.46. The van der Waals surface area contributed by atoms with Gasteiger partial charge in [-0.2, -0.15) is 21.6 Å². The highest BCUT2D eigenvalue weighted by atomic mass is 32.2. The second-order valence-corrected chi connectivity index (χ2v) is 4.72. The molecule has 0 atom stereocenters. The van der Waals surface area contributed by atoms with E-state index in [2.05, 4.69) is 0 Å². The van der Waals surface area contributed by atoms with Gasteiger partial charge < -0.3 is 10.0 Å². The van der Waals surface area contributed by atoms with Gasteiger partial charge in [0.25, 0.3) is 0 Å². The number of hydrogen-bond acceptors (Lipinski definition) is 4. The number of benzene rings is 1. The molecule has 0 aromatic heterocycles. The first kappa shape index (κ1) is 13.8. The maximum absolute atomic E-state index is 12.0. The monoisotopic (exact) mass is 269 g/mol. The topological polar surface area (TPSA) is 86.6 Å². The van der Waals surface area contributed by atoms with E-state index in [1.165, 1.54) is 16.9 Å². The third-order valence-electron chi connectivity index (χ3n) is 1.74. The average molecular weight is 269 g/mol. The van der Waals surface area contributed by atoms with Crippen LogP contribution in [0.15, 0.2) is 24.3 Å². The summed E-state index contributed by atoms with van der Waals surface area (Å²) in [6, 6.07) is 4.34. The molecule has 0 aliphatic carbocycles. The molecule has 5 nitrogen and oxygen atoms in total. The first-order chi connectivity index (χ1) is 7.63. The van der Waals surface area contributed by atoms with Crippen LogP contribution in [-0.4, -0.2) is 31.1 Å². The highest BCUT2D eigenvalue weighted by molar-refractivity contribution is 7.93. The summed E-state index contributed by atoms with van der Waals surface area (Å²) in [5.41, 5.74) is -5.97. The molecule has 1 aromatic rings. The van der Waals surface area contributed by atoms with Crippen molar-refractivity contribution in [3.63, 3.8) is 0 Å². The standard InChI is InChI=1S/C7H7BF3NO4S/c9-7(10,11)17(15,16)12-6-3-1-2-5(4-6)8(13)14/h1-4,12-14H. The van der Waals surface area contributed by atoms with Crippen LogP contribution in [0.3, 0.4) is 0 Å². The molecule has 0 unspecified atom stereocenters. The van der Waals surface area contributed by atoms with Crippen LogP contribution in [0.4, 0.5) is 18.9 Å². The van der Waals surface area contributed by atoms with Gasteiger partial charge in [0.2, 0.25) is 0 Å². The largest absolute Gasteiger partial charge is 0.516 e. The third kappa shape index (κ3) is 3.35. The Balaban J connectivity index is 3.01. The van der Waals surface area contributed by atoms with Crippen molar-refractivity contribution in [3.8, 4) is 0 Å². The lowest BCUT2D eigenvalue weighted by Gasteiger charge is -2.11. The normalized spacial score (nSPS) is 12.3. The predicted molar refractivity (Wildman–Crippen MR) is 54.9 cm³/mol. The lowest BCUT2D eigenvalue weighted by molar-refractivity contribution is -0.0429. The van der Waals surface area contributed by atoms with Crippen LogP contribution >= 0.6 is 0 Å². The number of nitrogens with one attached hydrogen (secondary N) is 1. The molecule has 0 amide bonds. The van der Waals surface area contributed by atoms with Crippen LogP contribution in [0.2, 0.25) is 0 Å². The lowest BCUT2D eigenvalue weighted by Crippen LogP contribution is -2.32. The molecule has 0 aliphatic rings. The fraction of sp³-hybridized carbons (Fsp3) is 0.143. The second kappa shape index (κ2) is 4.55. The Kier molecular flexibility index (Phi) is 3.70. The van der Waals surface area contributed by atoms with E-state index < -0.39 is 28.3 Å². The summed E-state index contributed by atoms with van der Waals surface area (Å²) in [6.45, 7) is 0. The third-order valence-corrected chi connectivity index (χ3v) is 2.86. The van der Waals surface area contributed by atoms with Crippen LogP contribution < -0.4 is 10.2 Å². The van der Waals surface area contributed by atoms with Crippen molar-refractivity contribution < 1.29 is 31.6 Å². The highest BCUT2D eigenvalue weighted by Crippen LogP contribution is 2.24. The molecule has 1 aromatic carbocycles. The van der Waals surface area contributed by atoms with Crippen molar-refractivity contribution in [3.05, 3.63) is 24.3 Å². The van der Waals surface area contributed by atoms with Crippen LogP contribution in [0, 0.1) is 0 Å². The zero-order valence-electron chi connectivity index (χ0n) is 8.14. The Hall–Kier alpha value is -1.26. The van der Waals surface area contributed by atoms with Gasteiger partial charge in [-0.1, -0.05) is 12.1 Å². The van der Waals surface area contributed by atoms with Crippen LogP contribution in [0.5, 0.6) is 0 Å². The molecule has 1 rings (SSSR count). The van der Waals surface area contributed by atoms with E-state index in [-0.39, 0.29) is 5.46 Å². The van der Waals surface area contributed by atoms with Gasteiger partial charge in [-0.3, -0.25) is 4.72 Å². The Labute approximate surface area is 95.1 Å². The molecule has 0 fully saturated rings. The molecule has 3 N–H and O–H groups in total. The average Bonchev–Trinajstić information content (AvgIpc) is 2.15. The summed E-state index contributed by atoms with van der Waals surface area (Å²) in [5, 5.41) is 17.5. The number of hydrogen-bond donors (Lipinski definition) is 3. The fourth-order valence-electron chi connectivity index (χ4n) is 0.976. The first-order valence-electron chi connectivity index (χ1n) is 4.18. The maximum Gasteiger partial charge on any atom is 0.516 e. The number of rotatable bonds is 3. The Bertz CT molecular complexity index is 502. The van der Waals surface area contributed by atoms with Gasteiger partial charge in [0.1, 0.15) is 0 Å². The van der Waals surface area contributed by atoms with Gasteiger partial charge in [0, 0.05) is 5.69 Å². The van der Waals surface area contributed by atoms with E-state index in [0.29, 0.717) is 0 Å². The zero-order valence-corrected chi connectivity index (χ0v) is 8.96. The van der Waals surface area contributed by atoms with E-state index in [0.717, 1.165) is 12.1 Å². The number of sulfonamides is 1. The van der Waals surface area contributed by atoms with Crippen molar-refractivity contribution >= 4 is 28.3 Å². The minimum atomic E-state index is -5.51. The second-order valence-electron chi connectivity index (χ2n) is 3.05. The van der Waals surface area contributed by atoms with Gasteiger partial charge in [0.15, 0.2) is 0 Å². The van der Waals surface area contributed by atoms with Crippen molar-refractivity contribution in [2.75, 3.05) is 4.72 Å². The molecule has 0 radical (unpaired) electrons. The van der Waals surface area contributed by atoms with Crippen molar-refractivity contribution in [2.24, 2.45) is 0 Å². The molecule has 0 spiro atoms. The number of alkyl halides is 3.